The molecule has 1 aliphatic heterocycles. The maximum absolute atomic E-state index is 11.1. The Balaban J connectivity index is 2.27. The quantitative estimate of drug-likeness (QED) is 0.836. The zero-order valence-corrected chi connectivity index (χ0v) is 9.93. The van der Waals surface area contributed by atoms with Crippen molar-refractivity contribution in [3.8, 4) is 0 Å². The second-order valence-corrected chi connectivity index (χ2v) is 4.51. The van der Waals surface area contributed by atoms with Gasteiger partial charge in [0.2, 0.25) is 0 Å². The van der Waals surface area contributed by atoms with Crippen molar-refractivity contribution in [2.24, 2.45) is 0 Å². The zero-order chi connectivity index (χ0) is 12.5. The third-order valence-electron chi connectivity index (χ3n) is 3.33. The van der Waals surface area contributed by atoms with E-state index in [0.29, 0.717) is 12.4 Å². The van der Waals surface area contributed by atoms with Gasteiger partial charge in [0.05, 0.1) is 11.6 Å². The SMILES string of the molecule is CC1OCCC1(C)Nc1ncccc1C(=O)O. The molecule has 2 N–H and O–H groups in total. The van der Waals surface area contributed by atoms with Crippen LogP contribution in [0.1, 0.15) is 30.6 Å². The molecule has 5 nitrogen and oxygen atoms in total. The smallest absolute Gasteiger partial charge is 0.339 e. The summed E-state index contributed by atoms with van der Waals surface area (Å²) in [4.78, 5) is 15.2. The first-order chi connectivity index (χ1) is 8.03. The number of hydrogen-bond donors (Lipinski definition) is 2. The Kier molecular flexibility index (Phi) is 3.02. The molecule has 1 aromatic rings. The van der Waals surface area contributed by atoms with E-state index in [4.69, 9.17) is 9.84 Å². The summed E-state index contributed by atoms with van der Waals surface area (Å²) in [7, 11) is 0. The summed E-state index contributed by atoms with van der Waals surface area (Å²) in [5.41, 5.74) is -0.0775. The summed E-state index contributed by atoms with van der Waals surface area (Å²) in [6, 6.07) is 3.16. The first kappa shape index (κ1) is 11.9. The number of nitrogens with one attached hydrogen (secondary N) is 1. The van der Waals surface area contributed by atoms with E-state index >= 15 is 0 Å². The summed E-state index contributed by atoms with van der Waals surface area (Å²) < 4.78 is 5.50. The van der Waals surface area contributed by atoms with Crippen LogP contribution >= 0.6 is 0 Å². The molecule has 1 fully saturated rings. The first-order valence-corrected chi connectivity index (χ1v) is 5.61. The molecular weight excluding hydrogens is 220 g/mol. The van der Waals surface area contributed by atoms with Crippen molar-refractivity contribution in [2.45, 2.75) is 31.9 Å². The number of pyridine rings is 1. The molecule has 17 heavy (non-hydrogen) atoms. The number of anilines is 1. The molecule has 5 heteroatoms. The largest absolute Gasteiger partial charge is 0.478 e. The van der Waals surface area contributed by atoms with Gasteiger partial charge < -0.3 is 15.2 Å². The average molecular weight is 236 g/mol. The van der Waals surface area contributed by atoms with Crippen molar-refractivity contribution in [3.63, 3.8) is 0 Å². The van der Waals surface area contributed by atoms with Crippen molar-refractivity contribution in [2.75, 3.05) is 11.9 Å². The molecule has 2 rings (SSSR count). The van der Waals surface area contributed by atoms with Gasteiger partial charge in [-0.25, -0.2) is 9.78 Å². The van der Waals surface area contributed by atoms with Crippen molar-refractivity contribution < 1.29 is 14.6 Å². The lowest BCUT2D eigenvalue weighted by molar-refractivity contribution is 0.0697. The van der Waals surface area contributed by atoms with Crippen LogP contribution in [-0.4, -0.2) is 34.3 Å². The average Bonchev–Trinajstić information content (AvgIpc) is 2.59. The number of carbonyl (C=O) groups is 1. The molecular formula is C12H16N2O3. The van der Waals surface area contributed by atoms with Crippen LogP contribution in [0.4, 0.5) is 5.82 Å². The highest BCUT2D eigenvalue weighted by atomic mass is 16.5. The van der Waals surface area contributed by atoms with E-state index in [1.807, 2.05) is 13.8 Å². The van der Waals surface area contributed by atoms with Crippen LogP contribution in [-0.2, 0) is 4.74 Å². The van der Waals surface area contributed by atoms with E-state index < -0.39 is 5.97 Å². The molecule has 0 saturated carbocycles. The van der Waals surface area contributed by atoms with Gasteiger partial charge >= 0.3 is 5.97 Å². The molecule has 2 heterocycles. The van der Waals surface area contributed by atoms with Gasteiger partial charge in [-0.15, -0.1) is 0 Å². The lowest BCUT2D eigenvalue weighted by Gasteiger charge is -2.29. The lowest BCUT2D eigenvalue weighted by Crippen LogP contribution is -2.41. The van der Waals surface area contributed by atoms with Crippen LogP contribution < -0.4 is 5.32 Å². The minimum Gasteiger partial charge on any atom is -0.478 e. The first-order valence-electron chi connectivity index (χ1n) is 5.61. The fourth-order valence-corrected chi connectivity index (χ4v) is 1.95. The fraction of sp³-hybridized carbons (Fsp3) is 0.500. The van der Waals surface area contributed by atoms with Crippen LogP contribution in [0.15, 0.2) is 18.3 Å². The molecule has 0 aromatic carbocycles. The van der Waals surface area contributed by atoms with Gasteiger partial charge in [0.25, 0.3) is 0 Å². The number of hydrogen-bond acceptors (Lipinski definition) is 4. The van der Waals surface area contributed by atoms with Crippen LogP contribution in [0, 0.1) is 0 Å². The second kappa shape index (κ2) is 4.33. The third-order valence-corrected chi connectivity index (χ3v) is 3.33. The maximum atomic E-state index is 11.1. The van der Waals surface area contributed by atoms with Gasteiger partial charge in [-0.05, 0) is 32.4 Å². The minimum atomic E-state index is -0.976. The van der Waals surface area contributed by atoms with E-state index in [1.165, 1.54) is 0 Å². The predicted molar refractivity (Wildman–Crippen MR) is 63.3 cm³/mol. The van der Waals surface area contributed by atoms with Gasteiger partial charge in [-0.2, -0.15) is 0 Å². The number of nitrogens with zero attached hydrogens (tertiary/aromatic N) is 1. The molecule has 0 bridgehead atoms. The molecule has 0 amide bonds. The van der Waals surface area contributed by atoms with Gasteiger partial charge in [0.15, 0.2) is 0 Å². The van der Waals surface area contributed by atoms with Gasteiger partial charge in [0, 0.05) is 12.8 Å². The van der Waals surface area contributed by atoms with Crippen molar-refractivity contribution in [1.82, 2.24) is 4.98 Å². The second-order valence-electron chi connectivity index (χ2n) is 4.51. The monoisotopic (exact) mass is 236 g/mol. The molecule has 0 radical (unpaired) electrons. The predicted octanol–water partition coefficient (Wildman–Crippen LogP) is 1.76. The van der Waals surface area contributed by atoms with E-state index in [1.54, 1.807) is 18.3 Å². The van der Waals surface area contributed by atoms with Crippen LogP contribution in [0.3, 0.4) is 0 Å². The molecule has 2 unspecified atom stereocenters. The Morgan fingerprint density at radius 1 is 1.71 bits per heavy atom. The van der Waals surface area contributed by atoms with Crippen LogP contribution in [0.25, 0.3) is 0 Å². The fourth-order valence-electron chi connectivity index (χ4n) is 1.95. The lowest BCUT2D eigenvalue weighted by atomic mass is 9.94. The summed E-state index contributed by atoms with van der Waals surface area (Å²) >= 11 is 0. The highest BCUT2D eigenvalue weighted by molar-refractivity contribution is 5.93. The van der Waals surface area contributed by atoms with E-state index in [9.17, 15) is 4.79 Å². The standard InChI is InChI=1S/C12H16N2O3/c1-8-12(2,5-7-17-8)14-10-9(11(15)16)4-3-6-13-10/h3-4,6,8H,5,7H2,1-2H3,(H,13,14)(H,15,16). The molecule has 1 aliphatic rings. The number of rotatable bonds is 3. The Morgan fingerprint density at radius 2 is 2.47 bits per heavy atom. The number of carboxylic acid groups (broad SMARTS) is 1. The van der Waals surface area contributed by atoms with Gasteiger partial charge in [-0.1, -0.05) is 0 Å². The summed E-state index contributed by atoms with van der Waals surface area (Å²) in [5.74, 6) is -0.574. The summed E-state index contributed by atoms with van der Waals surface area (Å²) in [6.07, 6.45) is 2.45. The normalized spacial score (nSPS) is 28.0. The van der Waals surface area contributed by atoms with Gasteiger partial charge in [-0.3, -0.25) is 0 Å². The van der Waals surface area contributed by atoms with E-state index in [-0.39, 0.29) is 17.2 Å². The molecule has 1 saturated heterocycles. The minimum absolute atomic E-state index is 0.0335. The third kappa shape index (κ3) is 2.24. The number of aromatic nitrogens is 1. The molecule has 2 atom stereocenters. The summed E-state index contributed by atoms with van der Waals surface area (Å²) in [6.45, 7) is 4.67. The van der Waals surface area contributed by atoms with E-state index in [2.05, 4.69) is 10.3 Å². The number of carboxylic acids is 1. The highest BCUT2D eigenvalue weighted by Gasteiger charge is 2.37. The Bertz CT molecular complexity index is 436. The topological polar surface area (TPSA) is 71.5 Å². The maximum Gasteiger partial charge on any atom is 0.339 e. The number of ether oxygens (including phenoxy) is 1. The Hall–Kier alpha value is -1.62. The van der Waals surface area contributed by atoms with Crippen molar-refractivity contribution >= 4 is 11.8 Å². The Morgan fingerprint density at radius 3 is 3.06 bits per heavy atom. The van der Waals surface area contributed by atoms with E-state index in [0.717, 1.165) is 6.42 Å². The summed E-state index contributed by atoms with van der Waals surface area (Å²) in [5, 5.41) is 12.3. The van der Waals surface area contributed by atoms with Crippen LogP contribution in [0.2, 0.25) is 0 Å². The van der Waals surface area contributed by atoms with Crippen LogP contribution in [0.5, 0.6) is 0 Å². The van der Waals surface area contributed by atoms with Crippen molar-refractivity contribution in [1.29, 1.82) is 0 Å². The molecule has 1 aromatic heterocycles. The van der Waals surface area contributed by atoms with Gasteiger partial charge in [0.1, 0.15) is 11.4 Å². The molecule has 92 valence electrons. The number of aromatic carboxylic acids is 1. The highest BCUT2D eigenvalue weighted by Crippen LogP contribution is 2.29. The molecule has 0 spiro atoms. The Labute approximate surface area is 99.8 Å². The van der Waals surface area contributed by atoms with Crippen molar-refractivity contribution in [3.05, 3.63) is 23.9 Å². The zero-order valence-electron chi connectivity index (χ0n) is 9.93. The molecule has 0 aliphatic carbocycles.